The molecule has 5 nitrogen and oxygen atoms in total. The van der Waals surface area contributed by atoms with Gasteiger partial charge in [-0.1, -0.05) is 0 Å². The molecule has 2 radical (unpaired) electrons. The van der Waals surface area contributed by atoms with Gasteiger partial charge in [0.15, 0.2) is 0 Å². The standard InChI is InChI=1S/C17H17N2O3.C4H9.Sn/c1-11-13(4-5-14-15(11)10-22-17(14)21)16(20)9-19-8-12-3-2-6-18-7-12;1-4(2)3;/h2-5,7,16,19-20H,8-10H2,1H3;1-3H3;. The van der Waals surface area contributed by atoms with Crippen molar-refractivity contribution in [1.82, 2.24) is 10.3 Å². The minimum Gasteiger partial charge on any atom is -0.457 e. The van der Waals surface area contributed by atoms with Crippen molar-refractivity contribution >= 4 is 30.8 Å². The summed E-state index contributed by atoms with van der Waals surface area (Å²) in [7, 11) is 0. The average molecular weight is 473 g/mol. The third kappa shape index (κ3) is 5.09. The van der Waals surface area contributed by atoms with E-state index in [-0.39, 0.29) is 5.97 Å². The Kier molecular flexibility index (Phi) is 6.23. The Morgan fingerprint density at radius 3 is 2.74 bits per heavy atom. The smallest absolute Gasteiger partial charge is 0.457 e. The number of ether oxygens (including phenoxy) is 1. The monoisotopic (exact) mass is 474 g/mol. The van der Waals surface area contributed by atoms with Crippen molar-refractivity contribution in [3.8, 4) is 0 Å². The van der Waals surface area contributed by atoms with Crippen LogP contribution in [-0.2, 0) is 17.9 Å². The number of benzene rings is 1. The molecule has 1 aliphatic rings. The number of rotatable bonds is 6. The minimum absolute atomic E-state index is 0.279. The van der Waals surface area contributed by atoms with E-state index in [2.05, 4.69) is 43.2 Å². The summed E-state index contributed by atoms with van der Waals surface area (Å²) in [6, 6.07) is 7.84. The van der Waals surface area contributed by atoms with Crippen LogP contribution in [0.3, 0.4) is 0 Å². The molecule has 0 aliphatic carbocycles. The summed E-state index contributed by atoms with van der Waals surface area (Å²) in [5, 5.41) is 13.8. The Balaban J connectivity index is 1.56. The second kappa shape index (κ2) is 8.29. The fraction of sp³-hybridized carbons (Fsp3) is 0.429. The Hall–Kier alpha value is -1.44. The Labute approximate surface area is 170 Å². The SMILES string of the molecule is Cc1c(C(O)CNCc2cc[c]([Sn][C](C)(C)C)nc2)ccc2c1COC2=O. The maximum atomic E-state index is 11.6. The molecule has 2 heterocycles. The Morgan fingerprint density at radius 2 is 2.07 bits per heavy atom. The zero-order chi connectivity index (χ0) is 19.6. The molecule has 1 aromatic carbocycles. The summed E-state index contributed by atoms with van der Waals surface area (Å²) in [5.41, 5.74) is 4.39. The quantitative estimate of drug-likeness (QED) is 0.499. The molecular weight excluding hydrogens is 447 g/mol. The molecular formula is C21H26N2O3Sn. The van der Waals surface area contributed by atoms with Gasteiger partial charge in [0.25, 0.3) is 0 Å². The van der Waals surface area contributed by atoms with Gasteiger partial charge in [-0.25, -0.2) is 4.79 Å². The van der Waals surface area contributed by atoms with Gasteiger partial charge in [0.2, 0.25) is 0 Å². The molecule has 0 amide bonds. The van der Waals surface area contributed by atoms with Crippen LogP contribution in [0, 0.1) is 6.92 Å². The molecule has 0 spiro atoms. The van der Waals surface area contributed by atoms with E-state index in [0.717, 1.165) is 22.3 Å². The van der Waals surface area contributed by atoms with E-state index in [0.29, 0.717) is 28.7 Å². The van der Waals surface area contributed by atoms with E-state index >= 15 is 0 Å². The van der Waals surface area contributed by atoms with Crippen molar-refractivity contribution in [1.29, 1.82) is 0 Å². The van der Waals surface area contributed by atoms with Gasteiger partial charge < -0.3 is 4.74 Å². The zero-order valence-electron chi connectivity index (χ0n) is 16.3. The van der Waals surface area contributed by atoms with E-state index in [9.17, 15) is 9.90 Å². The number of hydrogen-bond donors (Lipinski definition) is 2. The van der Waals surface area contributed by atoms with Crippen LogP contribution in [0.4, 0.5) is 0 Å². The molecule has 0 saturated carbocycles. The van der Waals surface area contributed by atoms with E-state index in [1.54, 1.807) is 6.07 Å². The topological polar surface area (TPSA) is 71.4 Å². The molecule has 0 bridgehead atoms. The fourth-order valence-electron chi connectivity index (χ4n) is 3.18. The van der Waals surface area contributed by atoms with E-state index in [4.69, 9.17) is 4.74 Å². The van der Waals surface area contributed by atoms with Crippen LogP contribution in [-0.4, -0.2) is 43.7 Å². The summed E-state index contributed by atoms with van der Waals surface area (Å²) in [6.07, 6.45) is 1.30. The summed E-state index contributed by atoms with van der Waals surface area (Å²) in [6.45, 7) is 10.2. The molecule has 6 heteroatoms. The molecule has 1 unspecified atom stereocenters. The van der Waals surface area contributed by atoms with Crippen molar-refractivity contribution in [3.63, 3.8) is 0 Å². The first-order valence-electron chi connectivity index (χ1n) is 9.16. The van der Waals surface area contributed by atoms with Crippen LogP contribution >= 0.6 is 0 Å². The summed E-state index contributed by atoms with van der Waals surface area (Å²) in [5.74, 6) is -0.279. The second-order valence-corrected chi connectivity index (χ2v) is 14.4. The minimum atomic E-state index is -0.671. The normalized spacial score (nSPS) is 14.8. The van der Waals surface area contributed by atoms with E-state index in [1.807, 2.05) is 19.2 Å². The van der Waals surface area contributed by atoms with Crippen LogP contribution in [0.15, 0.2) is 30.5 Å². The Morgan fingerprint density at radius 1 is 1.30 bits per heavy atom. The summed E-state index contributed by atoms with van der Waals surface area (Å²) < 4.78 is 6.73. The molecule has 27 heavy (non-hydrogen) atoms. The summed E-state index contributed by atoms with van der Waals surface area (Å²) in [4.78, 5) is 16.2. The van der Waals surface area contributed by atoms with Gasteiger partial charge in [-0.05, 0) is 0 Å². The number of carbonyl (C=O) groups is 1. The van der Waals surface area contributed by atoms with Crippen molar-refractivity contribution < 1.29 is 14.6 Å². The zero-order valence-corrected chi connectivity index (χ0v) is 19.2. The molecule has 1 atom stereocenters. The van der Waals surface area contributed by atoms with Crippen molar-refractivity contribution in [2.24, 2.45) is 0 Å². The van der Waals surface area contributed by atoms with Crippen LogP contribution in [0.5, 0.6) is 0 Å². The third-order valence-corrected chi connectivity index (χ3v) is 8.28. The first kappa shape index (κ1) is 20.3. The second-order valence-electron chi connectivity index (χ2n) is 7.96. The molecule has 0 fully saturated rings. The Bertz CT molecular complexity index is 829. The molecule has 2 N–H and O–H groups in total. The number of carbonyl (C=O) groups excluding carboxylic acids is 1. The number of esters is 1. The van der Waals surface area contributed by atoms with Gasteiger partial charge >= 0.3 is 161 Å². The number of pyridine rings is 1. The number of aliphatic hydroxyl groups is 1. The molecule has 1 aliphatic heterocycles. The van der Waals surface area contributed by atoms with E-state index < -0.39 is 27.2 Å². The molecule has 2 aromatic rings. The fourth-order valence-corrected chi connectivity index (χ4v) is 6.22. The molecule has 1 aromatic heterocycles. The molecule has 142 valence electrons. The van der Waals surface area contributed by atoms with Crippen LogP contribution in [0.1, 0.15) is 59.5 Å². The van der Waals surface area contributed by atoms with Crippen LogP contribution in [0.25, 0.3) is 0 Å². The number of aliphatic hydroxyl groups excluding tert-OH is 1. The van der Waals surface area contributed by atoms with Crippen molar-refractivity contribution in [3.05, 3.63) is 58.3 Å². The van der Waals surface area contributed by atoms with Gasteiger partial charge in [0.05, 0.1) is 0 Å². The number of cyclic esters (lactones) is 1. The average Bonchev–Trinajstić information content (AvgIpc) is 2.97. The number of nitrogens with zero attached hydrogens (tertiary/aromatic N) is 1. The van der Waals surface area contributed by atoms with Gasteiger partial charge in [-0.15, -0.1) is 0 Å². The number of hydrogen-bond acceptors (Lipinski definition) is 5. The number of fused-ring (bicyclic) bond motifs is 1. The van der Waals surface area contributed by atoms with Gasteiger partial charge in [-0.3, -0.25) is 0 Å². The predicted molar refractivity (Wildman–Crippen MR) is 106 cm³/mol. The van der Waals surface area contributed by atoms with E-state index in [1.165, 1.54) is 3.71 Å². The number of nitrogens with one attached hydrogen (secondary N) is 1. The van der Waals surface area contributed by atoms with Crippen LogP contribution < -0.4 is 9.03 Å². The first-order valence-corrected chi connectivity index (χ1v) is 12.0. The predicted octanol–water partition coefficient (Wildman–Crippen LogP) is 2.43. The van der Waals surface area contributed by atoms with Crippen molar-refractivity contribution in [2.75, 3.05) is 6.54 Å². The number of aromatic nitrogens is 1. The molecule has 0 saturated heterocycles. The summed E-state index contributed by atoms with van der Waals surface area (Å²) >= 11 is -0.671. The third-order valence-electron chi connectivity index (χ3n) is 4.56. The van der Waals surface area contributed by atoms with Crippen molar-refractivity contribution in [2.45, 2.75) is 50.4 Å². The van der Waals surface area contributed by atoms with Gasteiger partial charge in [0, 0.05) is 0 Å². The molecule has 3 rings (SSSR count). The van der Waals surface area contributed by atoms with Gasteiger partial charge in [-0.2, -0.15) is 0 Å². The first-order chi connectivity index (χ1) is 12.7. The van der Waals surface area contributed by atoms with Gasteiger partial charge in [0.1, 0.15) is 0 Å². The van der Waals surface area contributed by atoms with Crippen LogP contribution in [0.2, 0.25) is 3.43 Å². The maximum absolute atomic E-state index is 11.6.